The SMILES string of the molecule is Cc1ccc(Cl)cc1N1CCNc2cc(Br)ccc21. The first-order valence-corrected chi connectivity index (χ1v) is 7.39. The molecule has 98 valence electrons. The van der Waals surface area contributed by atoms with Gasteiger partial charge in [-0.3, -0.25) is 0 Å². The van der Waals surface area contributed by atoms with E-state index in [1.165, 1.54) is 16.9 Å². The third kappa shape index (κ3) is 2.45. The average molecular weight is 338 g/mol. The van der Waals surface area contributed by atoms with Crippen LogP contribution in [0.4, 0.5) is 17.1 Å². The van der Waals surface area contributed by atoms with Gasteiger partial charge in [0.25, 0.3) is 0 Å². The highest BCUT2D eigenvalue weighted by molar-refractivity contribution is 9.10. The van der Waals surface area contributed by atoms with Gasteiger partial charge in [-0.05, 0) is 42.8 Å². The van der Waals surface area contributed by atoms with Crippen LogP contribution in [0.15, 0.2) is 40.9 Å². The lowest BCUT2D eigenvalue weighted by Crippen LogP contribution is -2.30. The number of nitrogens with zero attached hydrogens (tertiary/aromatic N) is 1. The largest absolute Gasteiger partial charge is 0.382 e. The lowest BCUT2D eigenvalue weighted by Gasteiger charge is -2.33. The number of hydrogen-bond acceptors (Lipinski definition) is 2. The van der Waals surface area contributed by atoms with Crippen LogP contribution in [-0.2, 0) is 0 Å². The maximum absolute atomic E-state index is 6.14. The van der Waals surface area contributed by atoms with E-state index in [1.54, 1.807) is 0 Å². The van der Waals surface area contributed by atoms with Gasteiger partial charge in [-0.25, -0.2) is 0 Å². The molecule has 0 bridgehead atoms. The van der Waals surface area contributed by atoms with E-state index in [4.69, 9.17) is 11.6 Å². The van der Waals surface area contributed by atoms with Gasteiger partial charge < -0.3 is 10.2 Å². The van der Waals surface area contributed by atoms with Crippen LogP contribution in [0.5, 0.6) is 0 Å². The van der Waals surface area contributed by atoms with E-state index in [-0.39, 0.29) is 0 Å². The van der Waals surface area contributed by atoms with Crippen LogP contribution in [0.3, 0.4) is 0 Å². The van der Waals surface area contributed by atoms with Gasteiger partial charge in [-0.15, -0.1) is 0 Å². The van der Waals surface area contributed by atoms with Crippen molar-refractivity contribution >= 4 is 44.6 Å². The number of hydrogen-bond donors (Lipinski definition) is 1. The van der Waals surface area contributed by atoms with Gasteiger partial charge >= 0.3 is 0 Å². The summed E-state index contributed by atoms with van der Waals surface area (Å²) in [7, 11) is 0. The third-order valence-corrected chi connectivity index (χ3v) is 4.09. The minimum Gasteiger partial charge on any atom is -0.382 e. The molecule has 1 heterocycles. The molecule has 2 aromatic carbocycles. The molecule has 0 fully saturated rings. The molecule has 0 aromatic heterocycles. The average Bonchev–Trinajstić information content (AvgIpc) is 2.40. The molecule has 0 saturated heterocycles. The first-order valence-electron chi connectivity index (χ1n) is 6.22. The second-order valence-electron chi connectivity index (χ2n) is 4.67. The van der Waals surface area contributed by atoms with E-state index in [0.29, 0.717) is 0 Å². The number of nitrogens with one attached hydrogen (secondary N) is 1. The van der Waals surface area contributed by atoms with Gasteiger partial charge in [-0.1, -0.05) is 33.6 Å². The molecule has 0 atom stereocenters. The minimum atomic E-state index is 0.776. The smallest absolute Gasteiger partial charge is 0.0648 e. The van der Waals surface area contributed by atoms with Crippen molar-refractivity contribution < 1.29 is 0 Å². The molecule has 0 radical (unpaired) electrons. The Kier molecular flexibility index (Phi) is 3.42. The lowest BCUT2D eigenvalue weighted by molar-refractivity contribution is 0.922. The Morgan fingerprint density at radius 1 is 1.16 bits per heavy atom. The number of fused-ring (bicyclic) bond motifs is 1. The quantitative estimate of drug-likeness (QED) is 0.790. The third-order valence-electron chi connectivity index (χ3n) is 3.36. The van der Waals surface area contributed by atoms with Crippen molar-refractivity contribution in [3.05, 3.63) is 51.5 Å². The second-order valence-corrected chi connectivity index (χ2v) is 6.02. The van der Waals surface area contributed by atoms with Crippen molar-refractivity contribution in [2.45, 2.75) is 6.92 Å². The van der Waals surface area contributed by atoms with Crippen molar-refractivity contribution in [1.29, 1.82) is 0 Å². The lowest BCUT2D eigenvalue weighted by atomic mass is 10.1. The summed E-state index contributed by atoms with van der Waals surface area (Å²) in [5.41, 5.74) is 4.76. The van der Waals surface area contributed by atoms with Gasteiger partial charge in [0.2, 0.25) is 0 Å². The maximum atomic E-state index is 6.14. The second kappa shape index (κ2) is 5.06. The molecule has 0 saturated carbocycles. The topological polar surface area (TPSA) is 15.3 Å². The zero-order valence-electron chi connectivity index (χ0n) is 10.6. The Morgan fingerprint density at radius 3 is 2.84 bits per heavy atom. The van der Waals surface area contributed by atoms with E-state index < -0.39 is 0 Å². The molecule has 0 spiro atoms. The zero-order chi connectivity index (χ0) is 13.4. The van der Waals surface area contributed by atoms with Crippen LogP contribution in [0.2, 0.25) is 5.02 Å². The number of benzene rings is 2. The first-order chi connectivity index (χ1) is 9.15. The molecule has 0 amide bonds. The predicted molar refractivity (Wildman–Crippen MR) is 85.8 cm³/mol. The van der Waals surface area contributed by atoms with Crippen LogP contribution < -0.4 is 10.2 Å². The molecule has 1 aliphatic rings. The summed E-state index contributed by atoms with van der Waals surface area (Å²) in [6, 6.07) is 12.4. The van der Waals surface area contributed by atoms with Crippen molar-refractivity contribution in [2.24, 2.45) is 0 Å². The molecule has 0 unspecified atom stereocenters. The molecule has 1 N–H and O–H groups in total. The highest BCUT2D eigenvalue weighted by atomic mass is 79.9. The van der Waals surface area contributed by atoms with Gasteiger partial charge in [0.05, 0.1) is 11.4 Å². The summed E-state index contributed by atoms with van der Waals surface area (Å²) in [4.78, 5) is 2.32. The Hall–Kier alpha value is -1.19. The van der Waals surface area contributed by atoms with E-state index >= 15 is 0 Å². The highest BCUT2D eigenvalue weighted by Gasteiger charge is 2.19. The molecular formula is C15H14BrClN2. The van der Waals surface area contributed by atoms with Crippen LogP contribution in [-0.4, -0.2) is 13.1 Å². The van der Waals surface area contributed by atoms with Crippen molar-refractivity contribution in [1.82, 2.24) is 0 Å². The summed E-state index contributed by atoms with van der Waals surface area (Å²) in [6.07, 6.45) is 0. The van der Waals surface area contributed by atoms with Gasteiger partial charge in [0, 0.05) is 28.3 Å². The molecule has 4 heteroatoms. The molecule has 19 heavy (non-hydrogen) atoms. The highest BCUT2D eigenvalue weighted by Crippen LogP contribution is 2.38. The fourth-order valence-electron chi connectivity index (χ4n) is 2.43. The minimum absolute atomic E-state index is 0.776. The number of anilines is 3. The molecule has 2 nitrogen and oxygen atoms in total. The monoisotopic (exact) mass is 336 g/mol. The number of aryl methyl sites for hydroxylation is 1. The van der Waals surface area contributed by atoms with Crippen LogP contribution >= 0.6 is 27.5 Å². The maximum Gasteiger partial charge on any atom is 0.0648 e. The Bertz CT molecular complexity index is 628. The van der Waals surface area contributed by atoms with Crippen molar-refractivity contribution in [2.75, 3.05) is 23.3 Å². The summed E-state index contributed by atoms with van der Waals surface area (Å²) in [6.45, 7) is 3.98. The number of halogens is 2. The van der Waals surface area contributed by atoms with Gasteiger partial charge in [0.15, 0.2) is 0 Å². The van der Waals surface area contributed by atoms with E-state index in [2.05, 4.69) is 57.3 Å². The first kappa shape index (κ1) is 12.8. The summed E-state index contributed by atoms with van der Waals surface area (Å²) in [5.74, 6) is 0. The van der Waals surface area contributed by atoms with Crippen LogP contribution in [0, 0.1) is 6.92 Å². The van der Waals surface area contributed by atoms with E-state index in [9.17, 15) is 0 Å². The molecule has 3 rings (SSSR count). The Balaban J connectivity index is 2.11. The normalized spacial score (nSPS) is 13.9. The van der Waals surface area contributed by atoms with Gasteiger partial charge in [-0.2, -0.15) is 0 Å². The van der Waals surface area contributed by atoms with Crippen LogP contribution in [0.25, 0.3) is 0 Å². The Morgan fingerprint density at radius 2 is 2.00 bits per heavy atom. The van der Waals surface area contributed by atoms with Crippen molar-refractivity contribution in [3.63, 3.8) is 0 Å². The molecule has 0 aliphatic carbocycles. The van der Waals surface area contributed by atoms with E-state index in [1.807, 2.05) is 12.1 Å². The molecule has 2 aromatic rings. The van der Waals surface area contributed by atoms with Crippen LogP contribution in [0.1, 0.15) is 5.56 Å². The number of rotatable bonds is 1. The van der Waals surface area contributed by atoms with Gasteiger partial charge in [0.1, 0.15) is 0 Å². The molecule has 1 aliphatic heterocycles. The summed E-state index contributed by atoms with van der Waals surface area (Å²) in [5, 5.41) is 4.21. The summed E-state index contributed by atoms with van der Waals surface area (Å²) < 4.78 is 1.09. The van der Waals surface area contributed by atoms with E-state index in [0.717, 1.165) is 28.3 Å². The Labute approximate surface area is 126 Å². The zero-order valence-corrected chi connectivity index (χ0v) is 12.9. The summed E-state index contributed by atoms with van der Waals surface area (Å²) >= 11 is 9.65. The fourth-order valence-corrected chi connectivity index (χ4v) is 2.96. The van der Waals surface area contributed by atoms with Crippen molar-refractivity contribution in [3.8, 4) is 0 Å². The standard InChI is InChI=1S/C15H14BrClN2/c1-10-2-4-12(17)9-15(10)19-7-6-18-13-8-11(16)3-5-14(13)19/h2-5,8-9,18H,6-7H2,1H3. The molecular weight excluding hydrogens is 324 g/mol. The fraction of sp³-hybridized carbons (Fsp3) is 0.200. The predicted octanol–water partition coefficient (Wildman–Crippen LogP) is 4.97.